The molecule has 0 spiro atoms. The molecule has 0 amide bonds. The van der Waals surface area contributed by atoms with Gasteiger partial charge in [-0.1, -0.05) is 78.1 Å². The monoisotopic (exact) mass is 323 g/mol. The fourth-order valence-corrected chi connectivity index (χ4v) is 2.13. The number of unbranched alkanes of at least 4 members (excludes halogenated alkanes) is 10. The molecule has 0 atom stereocenters. The molecule has 0 aromatic heterocycles. The summed E-state index contributed by atoms with van der Waals surface area (Å²) >= 11 is 11.0. The first-order valence-corrected chi connectivity index (χ1v) is 9.02. The molecule has 0 aliphatic heterocycles. The number of hydrogen-bond donors (Lipinski definition) is 0. The van der Waals surface area contributed by atoms with Crippen LogP contribution in [0.4, 0.5) is 0 Å². The average molecular weight is 324 g/mol. The van der Waals surface area contributed by atoms with Gasteiger partial charge in [-0.2, -0.15) is 0 Å². The highest BCUT2D eigenvalue weighted by molar-refractivity contribution is 6.18. The molecule has 0 aromatic carbocycles. The molecule has 0 aliphatic rings. The molecular weight excluding hydrogens is 290 g/mol. The summed E-state index contributed by atoms with van der Waals surface area (Å²) in [6.45, 7) is 4.48. The minimum Gasteiger partial charge on any atom is -0.127 e. The smallest absolute Gasteiger partial charge is 0.0223 e. The van der Waals surface area contributed by atoms with E-state index in [1.807, 2.05) is 0 Å². The summed E-state index contributed by atoms with van der Waals surface area (Å²) < 4.78 is 0. The van der Waals surface area contributed by atoms with E-state index in [1.54, 1.807) is 0 Å². The Morgan fingerprint density at radius 2 is 0.737 bits per heavy atom. The largest absolute Gasteiger partial charge is 0.127 e. The van der Waals surface area contributed by atoms with E-state index in [4.69, 9.17) is 23.2 Å². The minimum absolute atomic E-state index is 0. The Morgan fingerprint density at radius 1 is 0.474 bits per heavy atom. The topological polar surface area (TPSA) is 0 Å². The van der Waals surface area contributed by atoms with Crippen LogP contribution in [0.1, 0.15) is 90.9 Å². The number of hydrogen-bond acceptors (Lipinski definition) is 0. The first kappa shape index (κ1) is 25.1. The van der Waals surface area contributed by atoms with E-state index in [-0.39, 0.29) is 17.4 Å². The van der Waals surface area contributed by atoms with Crippen LogP contribution in [0.15, 0.2) is 0 Å². The summed E-state index contributed by atoms with van der Waals surface area (Å²) in [6, 6.07) is 0. The zero-order chi connectivity index (χ0) is 13.9. The third-order valence-electron chi connectivity index (χ3n) is 2.97. The fourth-order valence-electron chi connectivity index (χ4n) is 1.75. The van der Waals surface area contributed by atoms with Gasteiger partial charge in [0, 0.05) is 29.1 Å². The Hall–Kier alpha value is 1.11. The lowest BCUT2D eigenvalue weighted by Gasteiger charge is -1.95. The Labute approximate surface area is 143 Å². The SMILES string of the molecule is CCCCCCCCCl.CCCCCCCCCl.[Al]. The predicted molar refractivity (Wildman–Crippen MR) is 93.9 cm³/mol. The second kappa shape index (κ2) is 27.5. The van der Waals surface area contributed by atoms with E-state index in [2.05, 4.69) is 13.8 Å². The molecule has 0 bridgehead atoms. The first-order valence-electron chi connectivity index (χ1n) is 7.95. The quantitative estimate of drug-likeness (QED) is 0.211. The van der Waals surface area contributed by atoms with Crippen molar-refractivity contribution in [3.63, 3.8) is 0 Å². The van der Waals surface area contributed by atoms with Gasteiger partial charge in [0.15, 0.2) is 0 Å². The molecule has 3 heteroatoms. The van der Waals surface area contributed by atoms with Gasteiger partial charge in [-0.15, -0.1) is 23.2 Å². The van der Waals surface area contributed by atoms with E-state index in [0.29, 0.717) is 0 Å². The molecule has 3 radical (unpaired) electrons. The van der Waals surface area contributed by atoms with Crippen molar-refractivity contribution >= 4 is 40.6 Å². The molecule has 0 nitrogen and oxygen atoms in total. The molecule has 19 heavy (non-hydrogen) atoms. The van der Waals surface area contributed by atoms with Crippen LogP contribution >= 0.6 is 23.2 Å². The van der Waals surface area contributed by atoms with Crippen LogP contribution < -0.4 is 0 Å². The summed E-state index contributed by atoms with van der Waals surface area (Å²) in [7, 11) is 0. The zero-order valence-corrected chi connectivity index (χ0v) is 15.9. The zero-order valence-electron chi connectivity index (χ0n) is 13.2. The van der Waals surface area contributed by atoms with Crippen molar-refractivity contribution in [3.8, 4) is 0 Å². The van der Waals surface area contributed by atoms with E-state index in [9.17, 15) is 0 Å². The lowest BCUT2D eigenvalue weighted by atomic mass is 10.1. The van der Waals surface area contributed by atoms with Crippen molar-refractivity contribution < 1.29 is 0 Å². The van der Waals surface area contributed by atoms with Gasteiger partial charge in [0.1, 0.15) is 0 Å². The standard InChI is InChI=1S/2C8H17Cl.Al/c2*1-2-3-4-5-6-7-8-9;/h2*2-8H2,1H3;. The van der Waals surface area contributed by atoms with Gasteiger partial charge in [-0.3, -0.25) is 0 Å². The summed E-state index contributed by atoms with van der Waals surface area (Å²) in [5.74, 6) is 1.68. The van der Waals surface area contributed by atoms with Crippen LogP contribution in [0.2, 0.25) is 0 Å². The van der Waals surface area contributed by atoms with E-state index < -0.39 is 0 Å². The lowest BCUT2D eigenvalue weighted by Crippen LogP contribution is -1.78. The van der Waals surface area contributed by atoms with Crippen LogP contribution in [0.25, 0.3) is 0 Å². The first-order chi connectivity index (χ1) is 8.83. The van der Waals surface area contributed by atoms with Crippen LogP contribution in [0, 0.1) is 0 Å². The Kier molecular flexibility index (Phi) is 36.3. The lowest BCUT2D eigenvalue weighted by molar-refractivity contribution is 0.626. The molecule has 0 N–H and O–H groups in total. The molecule has 0 aliphatic carbocycles. The second-order valence-corrected chi connectivity index (χ2v) is 5.67. The van der Waals surface area contributed by atoms with Crippen LogP contribution in [0.3, 0.4) is 0 Å². The van der Waals surface area contributed by atoms with Crippen molar-refractivity contribution in [2.45, 2.75) is 90.9 Å². The van der Waals surface area contributed by atoms with Gasteiger partial charge in [0.2, 0.25) is 0 Å². The number of rotatable bonds is 12. The highest BCUT2D eigenvalue weighted by Crippen LogP contribution is 2.05. The van der Waals surface area contributed by atoms with Crippen LogP contribution in [-0.4, -0.2) is 29.1 Å². The maximum Gasteiger partial charge on any atom is 0.0223 e. The average Bonchev–Trinajstić information content (AvgIpc) is 2.39. The molecule has 0 rings (SSSR count). The van der Waals surface area contributed by atoms with Crippen molar-refractivity contribution in [2.24, 2.45) is 0 Å². The minimum atomic E-state index is 0. The Morgan fingerprint density at radius 3 is 1.00 bits per heavy atom. The number of halogens is 2. The molecule has 0 unspecified atom stereocenters. The Bertz CT molecular complexity index is 95.3. The molecular formula is C16H34AlCl2. The molecule has 0 fully saturated rings. The number of alkyl halides is 2. The highest BCUT2D eigenvalue weighted by atomic mass is 35.5. The summed E-state index contributed by atoms with van der Waals surface area (Å²) in [6.07, 6.45) is 16.0. The summed E-state index contributed by atoms with van der Waals surface area (Å²) in [4.78, 5) is 0. The third-order valence-corrected chi connectivity index (χ3v) is 3.51. The van der Waals surface area contributed by atoms with Crippen molar-refractivity contribution in [1.82, 2.24) is 0 Å². The van der Waals surface area contributed by atoms with E-state index >= 15 is 0 Å². The van der Waals surface area contributed by atoms with Crippen LogP contribution in [0.5, 0.6) is 0 Å². The highest BCUT2D eigenvalue weighted by Gasteiger charge is 1.87. The summed E-state index contributed by atoms with van der Waals surface area (Å²) in [5.41, 5.74) is 0. The van der Waals surface area contributed by atoms with Gasteiger partial charge in [-0.25, -0.2) is 0 Å². The maximum atomic E-state index is 5.51. The van der Waals surface area contributed by atoms with Gasteiger partial charge in [0.25, 0.3) is 0 Å². The molecule has 0 aromatic rings. The fraction of sp³-hybridized carbons (Fsp3) is 1.00. The second-order valence-electron chi connectivity index (χ2n) is 4.91. The van der Waals surface area contributed by atoms with Gasteiger partial charge >= 0.3 is 0 Å². The normalized spacial score (nSPS) is 9.47. The van der Waals surface area contributed by atoms with Crippen molar-refractivity contribution in [1.29, 1.82) is 0 Å². The summed E-state index contributed by atoms with van der Waals surface area (Å²) in [5, 5.41) is 0. The van der Waals surface area contributed by atoms with Gasteiger partial charge in [-0.05, 0) is 12.8 Å². The predicted octanol–water partition coefficient (Wildman–Crippen LogP) is 6.79. The maximum absolute atomic E-state index is 5.51. The third kappa shape index (κ3) is 32.6. The van der Waals surface area contributed by atoms with Crippen molar-refractivity contribution in [2.75, 3.05) is 11.8 Å². The van der Waals surface area contributed by atoms with E-state index in [1.165, 1.54) is 77.0 Å². The van der Waals surface area contributed by atoms with Gasteiger partial charge < -0.3 is 0 Å². The van der Waals surface area contributed by atoms with Gasteiger partial charge in [0.05, 0.1) is 0 Å². The van der Waals surface area contributed by atoms with E-state index in [0.717, 1.165) is 11.8 Å². The Balaban J connectivity index is -0.000000256. The molecule has 0 saturated carbocycles. The molecule has 0 heterocycles. The van der Waals surface area contributed by atoms with Crippen LogP contribution in [-0.2, 0) is 0 Å². The molecule has 0 saturated heterocycles. The molecule has 115 valence electrons. The van der Waals surface area contributed by atoms with Crippen molar-refractivity contribution in [3.05, 3.63) is 0 Å².